The molecule has 3 heterocycles. The van der Waals surface area contributed by atoms with Crippen LogP contribution in [0.5, 0.6) is 0 Å². The minimum absolute atomic E-state index is 0.136. The number of fused-ring (bicyclic) bond motifs is 2. The molecule has 0 fully saturated rings. The van der Waals surface area contributed by atoms with Gasteiger partial charge in [-0.25, -0.2) is 4.98 Å². The highest BCUT2D eigenvalue weighted by atomic mass is 16.1. The van der Waals surface area contributed by atoms with Gasteiger partial charge in [0.25, 0.3) is 5.56 Å². The van der Waals surface area contributed by atoms with E-state index in [1.165, 1.54) is 0 Å². The molecule has 0 bridgehead atoms. The van der Waals surface area contributed by atoms with Gasteiger partial charge in [-0.05, 0) is 36.4 Å². The van der Waals surface area contributed by atoms with Crippen molar-refractivity contribution in [2.75, 3.05) is 7.05 Å². The molecular weight excluding hydrogens is 434 g/mol. The van der Waals surface area contributed by atoms with Crippen molar-refractivity contribution >= 4 is 16.6 Å². The minimum Gasteiger partial charge on any atom is -0.314 e. The molecule has 6 nitrogen and oxygen atoms in total. The van der Waals surface area contributed by atoms with E-state index in [9.17, 15) is 4.79 Å². The summed E-state index contributed by atoms with van der Waals surface area (Å²) in [5, 5.41) is 7.54. The quantitative estimate of drug-likeness (QED) is 0.369. The van der Waals surface area contributed by atoms with Gasteiger partial charge < -0.3 is 5.32 Å². The van der Waals surface area contributed by atoms with E-state index >= 15 is 0 Å². The number of nitrogens with one attached hydrogen (secondary N) is 2. The Balaban J connectivity index is 1.69. The summed E-state index contributed by atoms with van der Waals surface area (Å²) in [4.78, 5) is 23.5. The van der Waals surface area contributed by atoms with Crippen molar-refractivity contribution in [1.82, 2.24) is 24.9 Å². The van der Waals surface area contributed by atoms with Gasteiger partial charge in [0.05, 0.1) is 28.0 Å². The van der Waals surface area contributed by atoms with E-state index in [1.807, 2.05) is 98.0 Å². The molecule has 0 atom stereocenters. The number of hydrogen-bond acceptors (Lipinski definition) is 4. The van der Waals surface area contributed by atoms with E-state index in [1.54, 1.807) is 10.7 Å². The van der Waals surface area contributed by atoms with Crippen LogP contribution >= 0.6 is 0 Å². The lowest BCUT2D eigenvalue weighted by Gasteiger charge is -2.10. The fourth-order valence-electron chi connectivity index (χ4n) is 4.62. The summed E-state index contributed by atoms with van der Waals surface area (Å²) < 4.78 is 1.58. The second-order valence-electron chi connectivity index (χ2n) is 8.43. The molecule has 3 aromatic carbocycles. The molecule has 0 aliphatic rings. The van der Waals surface area contributed by atoms with Gasteiger partial charge >= 0.3 is 0 Å². The van der Waals surface area contributed by atoms with E-state index < -0.39 is 0 Å². The molecule has 0 saturated carbocycles. The Hall–Kier alpha value is -4.55. The predicted octanol–water partition coefficient (Wildman–Crippen LogP) is 5.29. The number of benzene rings is 3. The highest BCUT2D eigenvalue weighted by Gasteiger charge is 2.22. The van der Waals surface area contributed by atoms with E-state index in [-0.39, 0.29) is 5.56 Å². The first-order valence-corrected chi connectivity index (χ1v) is 11.5. The fraction of sp³-hybridized carbons (Fsp3) is 0.0690. The molecule has 0 aliphatic heterocycles. The van der Waals surface area contributed by atoms with E-state index in [0.717, 1.165) is 38.9 Å². The Morgan fingerprint density at radius 2 is 1.57 bits per heavy atom. The van der Waals surface area contributed by atoms with Gasteiger partial charge in [-0.2, -0.15) is 4.52 Å². The smallest absolute Gasteiger partial charge is 0.280 e. The molecular formula is C29H23N5O. The average Bonchev–Trinajstić information content (AvgIpc) is 3.30. The molecule has 35 heavy (non-hydrogen) atoms. The summed E-state index contributed by atoms with van der Waals surface area (Å²) in [6.45, 7) is 0.465. The standard InChI is InChI=1S/C29H23N5O/c1-30-18-24-25(22-14-15-23-21(17-22)13-8-16-31-23)29(35)34-28(32-24)26(19-9-4-2-5-10-19)27(33-34)20-11-6-3-7-12-20/h2-17,30,33H,18H2,1H3. The van der Waals surface area contributed by atoms with Crippen LogP contribution in [0, 0.1) is 0 Å². The number of aromatic amines is 1. The van der Waals surface area contributed by atoms with E-state index in [0.29, 0.717) is 23.4 Å². The summed E-state index contributed by atoms with van der Waals surface area (Å²) in [5.41, 5.74) is 7.20. The SMILES string of the molecule is CNCc1nc2c(-c3ccccc3)c(-c3ccccc3)[nH]n2c(=O)c1-c1ccc2ncccc2c1. The predicted molar refractivity (Wildman–Crippen MR) is 140 cm³/mol. The van der Waals surface area contributed by atoms with Crippen molar-refractivity contribution < 1.29 is 0 Å². The van der Waals surface area contributed by atoms with Crippen molar-refractivity contribution in [3.8, 4) is 33.5 Å². The average molecular weight is 458 g/mol. The lowest BCUT2D eigenvalue weighted by atomic mass is 10.0. The van der Waals surface area contributed by atoms with Crippen LogP contribution in [0.1, 0.15) is 5.69 Å². The lowest BCUT2D eigenvalue weighted by molar-refractivity contribution is 0.781. The monoisotopic (exact) mass is 457 g/mol. The molecule has 0 aliphatic carbocycles. The minimum atomic E-state index is -0.136. The summed E-state index contributed by atoms with van der Waals surface area (Å²) >= 11 is 0. The highest BCUT2D eigenvalue weighted by Crippen LogP contribution is 2.35. The summed E-state index contributed by atoms with van der Waals surface area (Å²) in [7, 11) is 1.86. The summed E-state index contributed by atoms with van der Waals surface area (Å²) in [6.07, 6.45) is 1.77. The first kappa shape index (κ1) is 21.0. The van der Waals surface area contributed by atoms with Gasteiger partial charge in [-0.3, -0.25) is 14.9 Å². The lowest BCUT2D eigenvalue weighted by Crippen LogP contribution is -2.22. The van der Waals surface area contributed by atoms with Crippen molar-refractivity contribution in [2.24, 2.45) is 0 Å². The van der Waals surface area contributed by atoms with E-state index in [4.69, 9.17) is 4.98 Å². The van der Waals surface area contributed by atoms with Crippen LogP contribution in [0.4, 0.5) is 0 Å². The third kappa shape index (κ3) is 3.61. The molecule has 6 heteroatoms. The third-order valence-corrected chi connectivity index (χ3v) is 6.22. The molecule has 6 rings (SSSR count). The molecule has 0 amide bonds. The van der Waals surface area contributed by atoms with Gasteiger partial charge in [0, 0.05) is 23.7 Å². The van der Waals surface area contributed by atoms with Gasteiger partial charge in [0.1, 0.15) is 0 Å². The maximum atomic E-state index is 14.0. The first-order chi connectivity index (χ1) is 17.2. The molecule has 6 aromatic rings. The highest BCUT2D eigenvalue weighted by molar-refractivity contribution is 5.91. The van der Waals surface area contributed by atoms with Gasteiger partial charge in [-0.15, -0.1) is 0 Å². The van der Waals surface area contributed by atoms with Gasteiger partial charge in [-0.1, -0.05) is 72.8 Å². The van der Waals surface area contributed by atoms with Crippen LogP contribution in [-0.2, 0) is 6.54 Å². The zero-order chi connectivity index (χ0) is 23.8. The number of hydrogen-bond donors (Lipinski definition) is 2. The van der Waals surface area contributed by atoms with Crippen molar-refractivity contribution in [1.29, 1.82) is 0 Å². The number of aromatic nitrogens is 4. The van der Waals surface area contributed by atoms with Gasteiger partial charge in [0.2, 0.25) is 0 Å². The Labute approximate surface area is 201 Å². The number of H-pyrrole nitrogens is 1. The summed E-state index contributed by atoms with van der Waals surface area (Å²) in [6, 6.07) is 29.9. The zero-order valence-corrected chi connectivity index (χ0v) is 19.2. The normalized spacial score (nSPS) is 11.3. The van der Waals surface area contributed by atoms with Gasteiger partial charge in [0.15, 0.2) is 5.65 Å². The van der Waals surface area contributed by atoms with Crippen molar-refractivity contribution in [3.63, 3.8) is 0 Å². The maximum Gasteiger partial charge on any atom is 0.280 e. The molecule has 170 valence electrons. The van der Waals surface area contributed by atoms with Crippen LogP contribution in [0.15, 0.2) is 102 Å². The number of nitrogens with zero attached hydrogens (tertiary/aromatic N) is 3. The second-order valence-corrected chi connectivity index (χ2v) is 8.43. The van der Waals surface area contributed by atoms with E-state index in [2.05, 4.69) is 15.4 Å². The number of pyridine rings is 1. The first-order valence-electron chi connectivity index (χ1n) is 11.5. The molecule has 0 spiro atoms. The molecule has 0 unspecified atom stereocenters. The molecule has 3 aromatic heterocycles. The third-order valence-electron chi connectivity index (χ3n) is 6.22. The number of rotatable bonds is 5. The molecule has 2 N–H and O–H groups in total. The van der Waals surface area contributed by atoms with Crippen molar-refractivity contribution in [3.05, 3.63) is 113 Å². The Kier molecular flexibility index (Phi) is 5.20. The van der Waals surface area contributed by atoms with Crippen LogP contribution < -0.4 is 10.9 Å². The fourth-order valence-corrected chi connectivity index (χ4v) is 4.62. The topological polar surface area (TPSA) is 75.1 Å². The molecule has 0 saturated heterocycles. The summed E-state index contributed by atoms with van der Waals surface area (Å²) in [5.74, 6) is 0. The van der Waals surface area contributed by atoms with Crippen LogP contribution in [0.3, 0.4) is 0 Å². The maximum absolute atomic E-state index is 14.0. The van der Waals surface area contributed by atoms with Crippen LogP contribution in [0.25, 0.3) is 50.1 Å². The Morgan fingerprint density at radius 1 is 0.829 bits per heavy atom. The second kappa shape index (κ2) is 8.66. The van der Waals surface area contributed by atoms with Crippen LogP contribution in [-0.4, -0.2) is 26.6 Å². The van der Waals surface area contributed by atoms with Crippen molar-refractivity contribution in [2.45, 2.75) is 6.54 Å². The zero-order valence-electron chi connectivity index (χ0n) is 19.2. The molecule has 0 radical (unpaired) electrons. The Morgan fingerprint density at radius 3 is 2.31 bits per heavy atom. The van der Waals surface area contributed by atoms with Crippen LogP contribution in [0.2, 0.25) is 0 Å². The largest absolute Gasteiger partial charge is 0.314 e. The Bertz CT molecular complexity index is 1720.